The van der Waals surface area contributed by atoms with Crippen molar-refractivity contribution in [2.24, 2.45) is 17.8 Å². The van der Waals surface area contributed by atoms with E-state index in [9.17, 15) is 4.79 Å². The topological polar surface area (TPSA) is 35.5 Å². The van der Waals surface area contributed by atoms with Gasteiger partial charge in [-0.05, 0) is 51.7 Å². The third-order valence-corrected chi connectivity index (χ3v) is 5.95. The van der Waals surface area contributed by atoms with Crippen molar-refractivity contribution < 1.29 is 14.3 Å². The molecule has 0 spiro atoms. The van der Waals surface area contributed by atoms with E-state index >= 15 is 0 Å². The van der Waals surface area contributed by atoms with Gasteiger partial charge in [-0.1, -0.05) is 45.4 Å². The first-order valence-corrected chi connectivity index (χ1v) is 10.1. The zero-order valence-corrected chi connectivity index (χ0v) is 17.8. The molecule has 2 rings (SSSR count). The van der Waals surface area contributed by atoms with Gasteiger partial charge in [0.25, 0.3) is 0 Å². The van der Waals surface area contributed by atoms with Crippen LogP contribution in [-0.2, 0) is 14.3 Å². The minimum Gasteiger partial charge on any atom is -0.462 e. The predicted molar refractivity (Wildman–Crippen MR) is 107 cm³/mol. The van der Waals surface area contributed by atoms with Crippen LogP contribution in [0.1, 0.15) is 74.7 Å². The van der Waals surface area contributed by atoms with Crippen LogP contribution in [0.15, 0.2) is 34.6 Å². The molecule has 0 aromatic heterocycles. The lowest BCUT2D eigenvalue weighted by Gasteiger charge is -2.48. The van der Waals surface area contributed by atoms with Crippen LogP contribution in [-0.4, -0.2) is 17.7 Å². The molecule has 0 fully saturated rings. The van der Waals surface area contributed by atoms with Crippen LogP contribution >= 0.6 is 0 Å². The number of allylic oxidation sites excluding steroid dienone is 3. The van der Waals surface area contributed by atoms with Crippen LogP contribution in [0.25, 0.3) is 0 Å². The highest BCUT2D eigenvalue weighted by Gasteiger charge is 2.48. The molecule has 3 heteroatoms. The molecule has 0 aromatic carbocycles. The number of hydrogen-bond donors (Lipinski definition) is 0. The van der Waals surface area contributed by atoms with Crippen molar-refractivity contribution in [2.75, 3.05) is 0 Å². The lowest BCUT2D eigenvalue weighted by Crippen LogP contribution is -2.50. The van der Waals surface area contributed by atoms with Crippen LogP contribution in [0.2, 0.25) is 0 Å². The lowest BCUT2D eigenvalue weighted by molar-refractivity contribution is -0.244. The first-order chi connectivity index (χ1) is 12.2. The van der Waals surface area contributed by atoms with E-state index in [1.807, 2.05) is 13.8 Å². The Hall–Kier alpha value is -1.35. The number of carbonyl (C=O) groups excluding carboxylic acids is 1. The maximum Gasteiger partial charge on any atom is 0.232 e. The summed E-state index contributed by atoms with van der Waals surface area (Å²) < 4.78 is 12.8. The molecule has 5 unspecified atom stereocenters. The molecular formula is C23H36O3. The van der Waals surface area contributed by atoms with Crippen LogP contribution in [0.4, 0.5) is 0 Å². The fraction of sp³-hybridized carbons (Fsp3) is 0.696. The van der Waals surface area contributed by atoms with E-state index in [1.165, 1.54) is 5.57 Å². The van der Waals surface area contributed by atoms with Gasteiger partial charge in [-0.15, -0.1) is 0 Å². The second-order valence-electron chi connectivity index (χ2n) is 8.19. The van der Waals surface area contributed by atoms with Crippen molar-refractivity contribution in [3.05, 3.63) is 34.6 Å². The van der Waals surface area contributed by atoms with Crippen molar-refractivity contribution in [3.8, 4) is 0 Å². The highest BCUT2D eigenvalue weighted by molar-refractivity contribution is 5.85. The molecule has 2 bridgehead atoms. The number of carbonyl (C=O) groups is 1. The Morgan fingerprint density at radius 1 is 1.31 bits per heavy atom. The first-order valence-electron chi connectivity index (χ1n) is 10.1. The fourth-order valence-corrected chi connectivity index (χ4v) is 4.44. The molecule has 0 saturated heterocycles. The minimum atomic E-state index is -0.707. The number of ketones is 1. The van der Waals surface area contributed by atoms with E-state index in [4.69, 9.17) is 9.47 Å². The summed E-state index contributed by atoms with van der Waals surface area (Å²) in [6.45, 7) is 16.6. The van der Waals surface area contributed by atoms with Gasteiger partial charge in [0.2, 0.25) is 5.79 Å². The Morgan fingerprint density at radius 2 is 1.96 bits per heavy atom. The molecule has 0 amide bonds. The standard InChI is InChI=1S/C23H36O3/c1-9-11-14(3)12-15(4)20(24)18(7)22-19(8)21-16(5)13-17(6)23(10-2,25-21)26-22/h11,13,15-16,18,21H,9-10,12H2,1-8H3. The second-order valence-corrected chi connectivity index (χ2v) is 8.19. The highest BCUT2D eigenvalue weighted by Crippen LogP contribution is 2.46. The average Bonchev–Trinajstić information content (AvgIpc) is 2.60. The number of ether oxygens (including phenoxy) is 2. The van der Waals surface area contributed by atoms with E-state index in [0.717, 1.165) is 36.2 Å². The molecule has 26 heavy (non-hydrogen) atoms. The van der Waals surface area contributed by atoms with Crippen molar-refractivity contribution in [1.29, 1.82) is 0 Å². The van der Waals surface area contributed by atoms with Gasteiger partial charge in [0.05, 0.1) is 12.0 Å². The normalized spacial score (nSPS) is 31.2. The fourth-order valence-electron chi connectivity index (χ4n) is 4.44. The van der Waals surface area contributed by atoms with Gasteiger partial charge in [0.1, 0.15) is 11.5 Å². The Morgan fingerprint density at radius 3 is 2.54 bits per heavy atom. The zero-order chi connectivity index (χ0) is 19.6. The van der Waals surface area contributed by atoms with Crippen molar-refractivity contribution in [1.82, 2.24) is 0 Å². The highest BCUT2D eigenvalue weighted by atomic mass is 16.7. The third-order valence-electron chi connectivity index (χ3n) is 5.95. The summed E-state index contributed by atoms with van der Waals surface area (Å²) in [5.74, 6) is 0.422. The van der Waals surface area contributed by atoms with E-state index < -0.39 is 5.79 Å². The van der Waals surface area contributed by atoms with Gasteiger partial charge in [-0.25, -0.2) is 0 Å². The van der Waals surface area contributed by atoms with Crippen LogP contribution in [0.5, 0.6) is 0 Å². The predicted octanol–water partition coefficient (Wildman–Crippen LogP) is 5.97. The summed E-state index contributed by atoms with van der Waals surface area (Å²) in [6, 6.07) is 0. The van der Waals surface area contributed by atoms with E-state index in [2.05, 4.69) is 53.7 Å². The average molecular weight is 361 g/mol. The SMILES string of the molecule is CCC=C(C)CC(C)C(=O)C(C)C1=C(C)C2OC(CC)(O1)C(C)=CC2C. The maximum absolute atomic E-state index is 13.1. The number of Topliss-reactive ketones (excluding diaryl/α,β-unsaturated/α-hetero) is 1. The molecule has 2 heterocycles. The quantitative estimate of drug-likeness (QED) is 0.525. The third kappa shape index (κ3) is 3.83. The van der Waals surface area contributed by atoms with Crippen molar-refractivity contribution in [3.63, 3.8) is 0 Å². The molecule has 3 nitrogen and oxygen atoms in total. The van der Waals surface area contributed by atoms with Gasteiger partial charge in [0, 0.05) is 18.3 Å². The largest absolute Gasteiger partial charge is 0.462 e. The first kappa shape index (κ1) is 21.0. The molecule has 2 aliphatic rings. The molecule has 2 aliphatic heterocycles. The maximum atomic E-state index is 13.1. The Balaban J connectivity index is 2.28. The van der Waals surface area contributed by atoms with E-state index in [1.54, 1.807) is 0 Å². The van der Waals surface area contributed by atoms with Gasteiger partial charge in [0.15, 0.2) is 0 Å². The summed E-state index contributed by atoms with van der Waals surface area (Å²) in [4.78, 5) is 13.1. The molecule has 5 atom stereocenters. The van der Waals surface area contributed by atoms with Gasteiger partial charge >= 0.3 is 0 Å². The summed E-state index contributed by atoms with van der Waals surface area (Å²) in [6.07, 6.45) is 7.02. The molecule has 0 saturated carbocycles. The van der Waals surface area contributed by atoms with Crippen LogP contribution in [0.3, 0.4) is 0 Å². The second kappa shape index (κ2) is 8.12. The Labute approximate surface area is 159 Å². The summed E-state index contributed by atoms with van der Waals surface area (Å²) in [5.41, 5.74) is 3.47. The summed E-state index contributed by atoms with van der Waals surface area (Å²) in [7, 11) is 0. The van der Waals surface area contributed by atoms with Gasteiger partial charge < -0.3 is 9.47 Å². The monoisotopic (exact) mass is 360 g/mol. The summed E-state index contributed by atoms with van der Waals surface area (Å²) >= 11 is 0. The smallest absolute Gasteiger partial charge is 0.232 e. The molecular weight excluding hydrogens is 324 g/mol. The van der Waals surface area contributed by atoms with E-state index in [-0.39, 0.29) is 23.7 Å². The number of rotatable bonds is 7. The minimum absolute atomic E-state index is 0.00493. The van der Waals surface area contributed by atoms with Gasteiger partial charge in [-0.2, -0.15) is 0 Å². The Bertz CT molecular complexity index is 640. The molecule has 0 radical (unpaired) electrons. The van der Waals surface area contributed by atoms with Gasteiger partial charge in [-0.3, -0.25) is 4.79 Å². The molecule has 0 N–H and O–H groups in total. The molecule has 146 valence electrons. The summed E-state index contributed by atoms with van der Waals surface area (Å²) in [5, 5.41) is 0. The van der Waals surface area contributed by atoms with E-state index in [0.29, 0.717) is 5.92 Å². The molecule has 0 aromatic rings. The molecule has 0 aliphatic carbocycles. The van der Waals surface area contributed by atoms with Crippen LogP contribution < -0.4 is 0 Å². The Kier molecular flexibility index (Phi) is 6.55. The number of fused-ring (bicyclic) bond motifs is 2. The lowest BCUT2D eigenvalue weighted by atomic mass is 9.82. The zero-order valence-electron chi connectivity index (χ0n) is 17.8. The number of hydrogen-bond acceptors (Lipinski definition) is 3. The van der Waals surface area contributed by atoms with Crippen molar-refractivity contribution >= 4 is 5.78 Å². The van der Waals surface area contributed by atoms with Crippen molar-refractivity contribution in [2.45, 2.75) is 86.5 Å². The van der Waals surface area contributed by atoms with Crippen LogP contribution in [0, 0.1) is 17.8 Å².